The van der Waals surface area contributed by atoms with E-state index >= 15 is 0 Å². The van der Waals surface area contributed by atoms with Crippen molar-refractivity contribution in [2.45, 2.75) is 38.9 Å². The maximum Gasteiger partial charge on any atom is 0.347 e. The Morgan fingerprint density at radius 2 is 2.10 bits per heavy atom. The lowest BCUT2D eigenvalue weighted by molar-refractivity contribution is -0.152. The fourth-order valence-corrected chi connectivity index (χ4v) is 2.01. The van der Waals surface area contributed by atoms with Crippen LogP contribution in [0.3, 0.4) is 0 Å². The van der Waals surface area contributed by atoms with Gasteiger partial charge in [0, 0.05) is 11.6 Å². The number of halogens is 2. The number of aliphatic carboxylic acids is 1. The molecule has 1 aromatic carbocycles. The van der Waals surface area contributed by atoms with Gasteiger partial charge in [-0.25, -0.2) is 4.79 Å². The normalized spacial score (nSPS) is 13.8. The van der Waals surface area contributed by atoms with Gasteiger partial charge >= 0.3 is 5.97 Å². The van der Waals surface area contributed by atoms with Gasteiger partial charge in [-0.1, -0.05) is 36.5 Å². The second kappa shape index (κ2) is 8.35. The number of hydrogen-bond acceptors (Lipinski definition) is 3. The van der Waals surface area contributed by atoms with Crippen LogP contribution in [0, 0.1) is 0 Å². The molecule has 0 fully saturated rings. The van der Waals surface area contributed by atoms with Crippen LogP contribution in [-0.4, -0.2) is 29.9 Å². The van der Waals surface area contributed by atoms with E-state index in [2.05, 4.69) is 0 Å². The summed E-state index contributed by atoms with van der Waals surface area (Å²) in [4.78, 5) is 11.3. The molecular weight excluding hydrogens is 303 g/mol. The van der Waals surface area contributed by atoms with Crippen LogP contribution in [0.15, 0.2) is 18.2 Å². The van der Waals surface area contributed by atoms with E-state index in [0.717, 1.165) is 12.8 Å². The lowest BCUT2D eigenvalue weighted by atomic mass is 10.2. The summed E-state index contributed by atoms with van der Waals surface area (Å²) in [6.45, 7) is 4.20. The first-order valence-electron chi connectivity index (χ1n) is 6.41. The van der Waals surface area contributed by atoms with E-state index in [4.69, 9.17) is 32.7 Å². The highest BCUT2D eigenvalue weighted by atomic mass is 35.5. The minimum absolute atomic E-state index is 0.268. The number of benzene rings is 1. The summed E-state index contributed by atoms with van der Waals surface area (Å²) in [5.74, 6) is -0.825. The van der Waals surface area contributed by atoms with Crippen LogP contribution in [0.5, 0.6) is 5.75 Å². The van der Waals surface area contributed by atoms with E-state index in [1.807, 2.05) is 6.92 Å². The van der Waals surface area contributed by atoms with Gasteiger partial charge in [0.15, 0.2) is 0 Å². The summed E-state index contributed by atoms with van der Waals surface area (Å²) in [5.41, 5.74) is 0. The van der Waals surface area contributed by atoms with Crippen molar-refractivity contribution in [1.29, 1.82) is 0 Å². The Hall–Kier alpha value is -0.970. The van der Waals surface area contributed by atoms with Crippen LogP contribution < -0.4 is 4.74 Å². The molecule has 2 atom stereocenters. The van der Waals surface area contributed by atoms with E-state index in [0.29, 0.717) is 11.6 Å². The van der Waals surface area contributed by atoms with Gasteiger partial charge < -0.3 is 14.6 Å². The van der Waals surface area contributed by atoms with Crippen LogP contribution in [-0.2, 0) is 9.53 Å². The van der Waals surface area contributed by atoms with Gasteiger partial charge in [0.25, 0.3) is 0 Å². The molecule has 0 saturated carbocycles. The molecule has 20 heavy (non-hydrogen) atoms. The van der Waals surface area contributed by atoms with Gasteiger partial charge in [0.2, 0.25) is 6.10 Å². The number of ether oxygens (including phenoxy) is 2. The van der Waals surface area contributed by atoms with E-state index < -0.39 is 18.2 Å². The number of carboxylic acid groups (broad SMARTS) is 1. The molecule has 0 heterocycles. The van der Waals surface area contributed by atoms with Gasteiger partial charge in [0.05, 0.1) is 5.02 Å². The molecule has 2 unspecified atom stereocenters. The van der Waals surface area contributed by atoms with E-state index in [1.54, 1.807) is 19.1 Å². The summed E-state index contributed by atoms with van der Waals surface area (Å²) >= 11 is 11.7. The maximum absolute atomic E-state index is 11.3. The predicted octanol–water partition coefficient (Wildman–Crippen LogP) is 4.03. The average Bonchev–Trinajstić information content (AvgIpc) is 2.37. The number of unbranched alkanes of at least 4 members (excludes halogenated alkanes) is 1. The number of carboxylic acids is 1. The van der Waals surface area contributed by atoms with Gasteiger partial charge in [-0.3, -0.25) is 0 Å². The maximum atomic E-state index is 11.3. The van der Waals surface area contributed by atoms with E-state index in [1.165, 1.54) is 6.07 Å². The van der Waals surface area contributed by atoms with Crippen LogP contribution in [0.25, 0.3) is 0 Å². The van der Waals surface area contributed by atoms with Crippen LogP contribution in [0.4, 0.5) is 0 Å². The fourth-order valence-electron chi connectivity index (χ4n) is 1.56. The van der Waals surface area contributed by atoms with Gasteiger partial charge in [-0.05, 0) is 31.5 Å². The van der Waals surface area contributed by atoms with Crippen LogP contribution in [0.2, 0.25) is 10.0 Å². The molecule has 0 aromatic heterocycles. The zero-order valence-corrected chi connectivity index (χ0v) is 12.9. The molecule has 0 bridgehead atoms. The van der Waals surface area contributed by atoms with Gasteiger partial charge in [-0.2, -0.15) is 0 Å². The van der Waals surface area contributed by atoms with Crippen molar-refractivity contribution in [3.8, 4) is 5.75 Å². The third-order valence-electron chi connectivity index (χ3n) is 2.70. The quantitative estimate of drug-likeness (QED) is 0.735. The highest BCUT2D eigenvalue weighted by molar-refractivity contribution is 6.35. The molecule has 6 heteroatoms. The highest BCUT2D eigenvalue weighted by Crippen LogP contribution is 2.29. The minimum atomic E-state index is -1.12. The predicted molar refractivity (Wildman–Crippen MR) is 78.8 cm³/mol. The highest BCUT2D eigenvalue weighted by Gasteiger charge is 2.28. The van der Waals surface area contributed by atoms with Crippen molar-refractivity contribution in [2.24, 2.45) is 0 Å². The van der Waals surface area contributed by atoms with E-state index in [-0.39, 0.29) is 10.8 Å². The molecule has 0 radical (unpaired) electrons. The third kappa shape index (κ3) is 5.19. The smallest absolute Gasteiger partial charge is 0.347 e. The molecule has 1 rings (SSSR count). The first-order valence-corrected chi connectivity index (χ1v) is 7.17. The van der Waals surface area contributed by atoms with Crippen molar-refractivity contribution >= 4 is 29.2 Å². The molecule has 0 aliphatic heterocycles. The monoisotopic (exact) mass is 320 g/mol. The zero-order valence-electron chi connectivity index (χ0n) is 11.4. The molecule has 0 saturated heterocycles. The minimum Gasteiger partial charge on any atom is -0.478 e. The number of rotatable bonds is 8. The first-order chi connectivity index (χ1) is 9.45. The van der Waals surface area contributed by atoms with Gasteiger partial charge in [-0.15, -0.1) is 0 Å². The largest absolute Gasteiger partial charge is 0.478 e. The Labute approximate surface area is 128 Å². The lowest BCUT2D eigenvalue weighted by Gasteiger charge is -2.22. The fraction of sp³-hybridized carbons (Fsp3) is 0.500. The Morgan fingerprint density at radius 1 is 1.40 bits per heavy atom. The molecule has 0 spiro atoms. The number of carbonyl (C=O) groups is 1. The second-order valence-electron chi connectivity index (χ2n) is 4.38. The standard InChI is InChI=1S/C14H18Cl2O4/c1-3-4-7-19-9(2)13(14(17)18)20-12-6-5-10(15)8-11(12)16/h5-6,8-9,13H,3-4,7H2,1-2H3,(H,17,18). The molecule has 0 amide bonds. The Bertz CT molecular complexity index is 451. The molecule has 4 nitrogen and oxygen atoms in total. The molecule has 1 N–H and O–H groups in total. The summed E-state index contributed by atoms with van der Waals surface area (Å²) in [6, 6.07) is 4.63. The van der Waals surface area contributed by atoms with Crippen LogP contribution >= 0.6 is 23.2 Å². The van der Waals surface area contributed by atoms with E-state index in [9.17, 15) is 9.90 Å². The molecular formula is C14H18Cl2O4. The lowest BCUT2D eigenvalue weighted by Crippen LogP contribution is -2.39. The summed E-state index contributed by atoms with van der Waals surface area (Å²) in [7, 11) is 0. The molecule has 112 valence electrons. The second-order valence-corrected chi connectivity index (χ2v) is 5.22. The van der Waals surface area contributed by atoms with Crippen molar-refractivity contribution in [3.05, 3.63) is 28.2 Å². The molecule has 1 aromatic rings. The summed E-state index contributed by atoms with van der Waals surface area (Å²) < 4.78 is 10.9. The summed E-state index contributed by atoms with van der Waals surface area (Å²) in [5, 5.41) is 9.96. The average molecular weight is 321 g/mol. The van der Waals surface area contributed by atoms with Crippen molar-refractivity contribution in [1.82, 2.24) is 0 Å². The zero-order chi connectivity index (χ0) is 15.1. The first kappa shape index (κ1) is 17.1. The number of hydrogen-bond donors (Lipinski definition) is 1. The van der Waals surface area contributed by atoms with Crippen LogP contribution in [0.1, 0.15) is 26.7 Å². The Morgan fingerprint density at radius 3 is 2.65 bits per heavy atom. The summed E-state index contributed by atoms with van der Waals surface area (Å²) in [6.07, 6.45) is 0.156. The Kier molecular flexibility index (Phi) is 7.13. The SMILES string of the molecule is CCCCOC(C)C(Oc1ccc(Cl)cc1Cl)C(=O)O. The van der Waals surface area contributed by atoms with Gasteiger partial charge in [0.1, 0.15) is 11.9 Å². The van der Waals surface area contributed by atoms with Crippen molar-refractivity contribution in [2.75, 3.05) is 6.61 Å². The molecule has 0 aliphatic rings. The van der Waals surface area contributed by atoms with Crippen molar-refractivity contribution in [3.63, 3.8) is 0 Å². The Balaban J connectivity index is 2.73. The van der Waals surface area contributed by atoms with Crippen molar-refractivity contribution < 1.29 is 19.4 Å². The topological polar surface area (TPSA) is 55.8 Å². The molecule has 0 aliphatic carbocycles. The third-order valence-corrected chi connectivity index (χ3v) is 3.23.